The largest absolute Gasteiger partial charge is 0.399 e. The first kappa shape index (κ1) is 13.0. The fraction of sp³-hybridized carbons (Fsp3) is 0.462. The molecule has 18 heavy (non-hydrogen) atoms. The number of carbonyl (C=O) groups is 1. The Morgan fingerprint density at radius 1 is 1.17 bits per heavy atom. The molecule has 1 heterocycles. The number of anilines is 2. The average molecular weight is 268 g/mol. The van der Waals surface area contributed by atoms with E-state index in [4.69, 9.17) is 23.1 Å². The van der Waals surface area contributed by atoms with Gasteiger partial charge in [-0.2, -0.15) is 0 Å². The molecule has 0 aromatic heterocycles. The van der Waals surface area contributed by atoms with Crippen molar-refractivity contribution >= 4 is 28.9 Å². The molecule has 1 aromatic carbocycles. The van der Waals surface area contributed by atoms with Crippen LogP contribution in [0.5, 0.6) is 0 Å². The zero-order valence-electron chi connectivity index (χ0n) is 10.3. The molecule has 0 aliphatic carbocycles. The van der Waals surface area contributed by atoms with Crippen LogP contribution in [0.25, 0.3) is 0 Å². The summed E-state index contributed by atoms with van der Waals surface area (Å²) in [5.41, 5.74) is 12.8. The minimum atomic E-state index is -0.483. The van der Waals surface area contributed by atoms with Crippen LogP contribution in [0.15, 0.2) is 12.1 Å². The van der Waals surface area contributed by atoms with Gasteiger partial charge in [0, 0.05) is 18.8 Å². The first-order valence-electron chi connectivity index (χ1n) is 6.23. The van der Waals surface area contributed by atoms with Crippen LogP contribution in [0.3, 0.4) is 0 Å². The second-order valence-electron chi connectivity index (χ2n) is 4.66. The molecule has 1 fully saturated rings. The number of nitrogen functional groups attached to an aromatic ring is 1. The van der Waals surface area contributed by atoms with E-state index in [0.29, 0.717) is 16.3 Å². The Balaban J connectivity index is 2.43. The van der Waals surface area contributed by atoms with Crippen LogP contribution in [0, 0.1) is 0 Å². The van der Waals surface area contributed by atoms with Crippen molar-refractivity contribution < 1.29 is 4.79 Å². The normalized spacial score (nSPS) is 16.4. The maximum atomic E-state index is 11.5. The smallest absolute Gasteiger partial charge is 0.250 e. The molecule has 1 aliphatic rings. The predicted octanol–water partition coefficient (Wildman–Crippen LogP) is 2.40. The van der Waals surface area contributed by atoms with E-state index in [1.807, 2.05) is 0 Å². The number of nitrogens with zero attached hydrogens (tertiary/aromatic N) is 1. The standard InChI is InChI=1S/C13H18ClN3O/c14-11-8-9(15)7-10(13(16)18)12(11)17-5-3-1-2-4-6-17/h7-8H,1-6,15H2,(H2,16,18). The summed E-state index contributed by atoms with van der Waals surface area (Å²) in [4.78, 5) is 13.7. The lowest BCUT2D eigenvalue weighted by atomic mass is 10.1. The highest BCUT2D eigenvalue weighted by Gasteiger charge is 2.20. The molecule has 4 N–H and O–H groups in total. The number of halogens is 1. The van der Waals surface area contributed by atoms with E-state index in [1.165, 1.54) is 12.8 Å². The Hall–Kier alpha value is -1.42. The third-order valence-electron chi connectivity index (χ3n) is 3.27. The maximum absolute atomic E-state index is 11.5. The Kier molecular flexibility index (Phi) is 3.97. The van der Waals surface area contributed by atoms with Gasteiger partial charge in [0.15, 0.2) is 0 Å². The second-order valence-corrected chi connectivity index (χ2v) is 5.07. The van der Waals surface area contributed by atoms with E-state index < -0.39 is 5.91 Å². The van der Waals surface area contributed by atoms with Gasteiger partial charge in [0.1, 0.15) is 0 Å². The van der Waals surface area contributed by atoms with Crippen LogP contribution in [-0.4, -0.2) is 19.0 Å². The first-order chi connectivity index (χ1) is 8.59. The lowest BCUT2D eigenvalue weighted by Gasteiger charge is -2.26. The molecule has 0 radical (unpaired) electrons. The van der Waals surface area contributed by atoms with Crippen molar-refractivity contribution in [1.29, 1.82) is 0 Å². The fourth-order valence-electron chi connectivity index (χ4n) is 2.42. The minimum absolute atomic E-state index is 0.418. The van der Waals surface area contributed by atoms with Gasteiger partial charge >= 0.3 is 0 Å². The Morgan fingerprint density at radius 2 is 1.78 bits per heavy atom. The summed E-state index contributed by atoms with van der Waals surface area (Å²) in [6.45, 7) is 1.81. The van der Waals surface area contributed by atoms with Gasteiger partial charge in [-0.05, 0) is 25.0 Å². The molecule has 0 atom stereocenters. The fourth-order valence-corrected chi connectivity index (χ4v) is 2.77. The van der Waals surface area contributed by atoms with Crippen LogP contribution in [-0.2, 0) is 0 Å². The zero-order chi connectivity index (χ0) is 13.1. The quantitative estimate of drug-likeness (QED) is 0.808. The second kappa shape index (κ2) is 5.48. The van der Waals surface area contributed by atoms with Gasteiger partial charge in [-0.15, -0.1) is 0 Å². The Morgan fingerprint density at radius 3 is 2.33 bits per heavy atom. The summed E-state index contributed by atoms with van der Waals surface area (Å²) >= 11 is 6.24. The number of rotatable bonds is 2. The third-order valence-corrected chi connectivity index (χ3v) is 3.56. The van der Waals surface area contributed by atoms with E-state index >= 15 is 0 Å². The van der Waals surface area contributed by atoms with Crippen molar-refractivity contribution in [3.63, 3.8) is 0 Å². The van der Waals surface area contributed by atoms with Gasteiger partial charge < -0.3 is 16.4 Å². The summed E-state index contributed by atoms with van der Waals surface area (Å²) in [7, 11) is 0. The summed E-state index contributed by atoms with van der Waals surface area (Å²) in [6.07, 6.45) is 4.65. The van der Waals surface area contributed by atoms with Crippen LogP contribution in [0.2, 0.25) is 5.02 Å². The van der Waals surface area contributed by atoms with E-state index in [1.54, 1.807) is 12.1 Å². The molecule has 4 nitrogen and oxygen atoms in total. The highest BCUT2D eigenvalue weighted by atomic mass is 35.5. The molecule has 1 aromatic rings. The van der Waals surface area contributed by atoms with Crippen molar-refractivity contribution in [1.82, 2.24) is 0 Å². The summed E-state index contributed by atoms with van der Waals surface area (Å²) in [5.74, 6) is -0.483. The number of benzene rings is 1. The third kappa shape index (κ3) is 2.70. The molecule has 1 aliphatic heterocycles. The molecule has 0 bridgehead atoms. The molecule has 0 unspecified atom stereocenters. The number of primary amides is 1. The summed E-state index contributed by atoms with van der Waals surface area (Å²) in [5, 5.41) is 0.505. The number of hydrogen-bond acceptors (Lipinski definition) is 3. The molecule has 5 heteroatoms. The van der Waals surface area contributed by atoms with Crippen molar-refractivity contribution in [2.24, 2.45) is 5.73 Å². The van der Waals surface area contributed by atoms with E-state index in [9.17, 15) is 4.79 Å². The molecule has 1 amide bonds. The molecule has 98 valence electrons. The molecule has 1 saturated heterocycles. The lowest BCUT2D eigenvalue weighted by Crippen LogP contribution is -2.27. The van der Waals surface area contributed by atoms with Crippen molar-refractivity contribution in [3.05, 3.63) is 22.7 Å². The predicted molar refractivity (Wildman–Crippen MR) is 75.1 cm³/mol. The number of nitrogens with two attached hydrogens (primary N) is 2. The van der Waals surface area contributed by atoms with Crippen LogP contribution < -0.4 is 16.4 Å². The lowest BCUT2D eigenvalue weighted by molar-refractivity contribution is 0.100. The highest BCUT2D eigenvalue weighted by Crippen LogP contribution is 2.33. The monoisotopic (exact) mass is 267 g/mol. The van der Waals surface area contributed by atoms with Gasteiger partial charge in [-0.25, -0.2) is 0 Å². The van der Waals surface area contributed by atoms with Crippen molar-refractivity contribution in [3.8, 4) is 0 Å². The Bertz CT molecular complexity index is 454. The molecule has 0 spiro atoms. The van der Waals surface area contributed by atoms with E-state index in [-0.39, 0.29) is 0 Å². The SMILES string of the molecule is NC(=O)c1cc(N)cc(Cl)c1N1CCCCCC1. The minimum Gasteiger partial charge on any atom is -0.399 e. The zero-order valence-corrected chi connectivity index (χ0v) is 11.0. The van der Waals surface area contributed by atoms with Gasteiger partial charge in [0.2, 0.25) is 0 Å². The number of carbonyl (C=O) groups excluding carboxylic acids is 1. The average Bonchev–Trinajstić information content (AvgIpc) is 2.56. The topological polar surface area (TPSA) is 72.3 Å². The van der Waals surface area contributed by atoms with Gasteiger partial charge in [-0.3, -0.25) is 4.79 Å². The van der Waals surface area contributed by atoms with E-state index in [0.717, 1.165) is 31.6 Å². The molecule has 2 rings (SSSR count). The van der Waals surface area contributed by atoms with Crippen LogP contribution in [0.1, 0.15) is 36.0 Å². The van der Waals surface area contributed by atoms with Crippen LogP contribution in [0.4, 0.5) is 11.4 Å². The van der Waals surface area contributed by atoms with E-state index in [2.05, 4.69) is 4.90 Å². The van der Waals surface area contributed by atoms with Gasteiger partial charge in [0.25, 0.3) is 5.91 Å². The van der Waals surface area contributed by atoms with Crippen molar-refractivity contribution in [2.75, 3.05) is 23.7 Å². The van der Waals surface area contributed by atoms with Gasteiger partial charge in [0.05, 0.1) is 16.3 Å². The van der Waals surface area contributed by atoms with Gasteiger partial charge in [-0.1, -0.05) is 24.4 Å². The molecular formula is C13H18ClN3O. The molecular weight excluding hydrogens is 250 g/mol. The first-order valence-corrected chi connectivity index (χ1v) is 6.61. The Labute approximate surface area is 112 Å². The summed E-state index contributed by atoms with van der Waals surface area (Å²) < 4.78 is 0. The van der Waals surface area contributed by atoms with Crippen molar-refractivity contribution in [2.45, 2.75) is 25.7 Å². The maximum Gasteiger partial charge on any atom is 0.250 e. The number of amides is 1. The number of hydrogen-bond donors (Lipinski definition) is 2. The highest BCUT2D eigenvalue weighted by molar-refractivity contribution is 6.34. The molecule has 0 saturated carbocycles. The summed E-state index contributed by atoms with van der Waals surface area (Å²) in [6, 6.07) is 3.28. The van der Waals surface area contributed by atoms with Crippen LogP contribution >= 0.6 is 11.6 Å².